The molecule has 0 aliphatic carbocycles. The Hall–Kier alpha value is -1.26. The number of nitrogens with one attached hydrogen (secondary N) is 1. The van der Waals surface area contributed by atoms with Gasteiger partial charge in [0.15, 0.2) is 0 Å². The molecule has 2 unspecified atom stereocenters. The standard InChI is InChI=1S/C17H28N2O2/c1-5-18-13(2)15-8-7-14(11-16(15)20)19-10-6-9-17(3,12-19)21-4/h7-8,11,13,18,20H,5-6,9-10,12H2,1-4H3. The predicted molar refractivity (Wildman–Crippen MR) is 87.1 cm³/mol. The molecule has 1 saturated heterocycles. The van der Waals surface area contributed by atoms with Crippen LogP contribution < -0.4 is 10.2 Å². The molecule has 0 amide bonds. The molecule has 1 heterocycles. The topological polar surface area (TPSA) is 44.7 Å². The number of methoxy groups -OCH3 is 1. The highest BCUT2D eigenvalue weighted by Crippen LogP contribution is 2.32. The lowest BCUT2D eigenvalue weighted by molar-refractivity contribution is -0.00466. The van der Waals surface area contributed by atoms with Crippen molar-refractivity contribution in [3.63, 3.8) is 0 Å². The minimum absolute atomic E-state index is 0.0937. The van der Waals surface area contributed by atoms with Gasteiger partial charge in [0.05, 0.1) is 5.60 Å². The minimum atomic E-state index is -0.0937. The number of benzene rings is 1. The van der Waals surface area contributed by atoms with Gasteiger partial charge in [-0.25, -0.2) is 0 Å². The maximum absolute atomic E-state index is 10.3. The molecule has 1 aromatic rings. The van der Waals surface area contributed by atoms with Crippen molar-refractivity contribution in [1.82, 2.24) is 5.32 Å². The first kappa shape index (κ1) is 16.1. The lowest BCUT2D eigenvalue weighted by Gasteiger charge is -2.40. The van der Waals surface area contributed by atoms with E-state index in [0.29, 0.717) is 5.75 Å². The maximum atomic E-state index is 10.3. The average molecular weight is 292 g/mol. The first-order chi connectivity index (χ1) is 9.99. The predicted octanol–water partition coefficient (Wildman–Crippen LogP) is 3.07. The van der Waals surface area contributed by atoms with Crippen LogP contribution in [0.4, 0.5) is 5.69 Å². The van der Waals surface area contributed by atoms with E-state index in [9.17, 15) is 5.11 Å². The van der Waals surface area contributed by atoms with Gasteiger partial charge in [0.25, 0.3) is 0 Å². The molecule has 1 fully saturated rings. The van der Waals surface area contributed by atoms with Crippen LogP contribution in [0.25, 0.3) is 0 Å². The molecule has 2 rings (SSSR count). The number of hydrogen-bond donors (Lipinski definition) is 2. The Labute approximate surface area is 128 Å². The van der Waals surface area contributed by atoms with Crippen LogP contribution in [0, 0.1) is 0 Å². The van der Waals surface area contributed by atoms with E-state index in [-0.39, 0.29) is 11.6 Å². The van der Waals surface area contributed by atoms with Gasteiger partial charge in [0.2, 0.25) is 0 Å². The summed E-state index contributed by atoms with van der Waals surface area (Å²) in [5, 5.41) is 13.6. The van der Waals surface area contributed by atoms with Crippen molar-refractivity contribution < 1.29 is 9.84 Å². The molecule has 0 spiro atoms. The Bertz CT molecular complexity index is 478. The van der Waals surface area contributed by atoms with E-state index in [4.69, 9.17) is 4.74 Å². The Morgan fingerprint density at radius 2 is 2.24 bits per heavy atom. The number of piperidine rings is 1. The monoisotopic (exact) mass is 292 g/mol. The van der Waals surface area contributed by atoms with Gasteiger partial charge in [0.1, 0.15) is 5.75 Å². The van der Waals surface area contributed by atoms with E-state index in [2.05, 4.69) is 37.1 Å². The van der Waals surface area contributed by atoms with Crippen LogP contribution in [0.1, 0.15) is 45.2 Å². The van der Waals surface area contributed by atoms with Crippen LogP contribution >= 0.6 is 0 Å². The fourth-order valence-corrected chi connectivity index (χ4v) is 3.10. The summed E-state index contributed by atoms with van der Waals surface area (Å²) in [5.41, 5.74) is 1.93. The number of hydrogen-bond acceptors (Lipinski definition) is 4. The number of ether oxygens (including phenoxy) is 1. The molecule has 0 bridgehead atoms. The normalized spacial score (nSPS) is 24.1. The van der Waals surface area contributed by atoms with Crippen molar-refractivity contribution in [3.8, 4) is 5.75 Å². The molecule has 1 aromatic carbocycles. The second-order valence-corrected chi connectivity index (χ2v) is 6.20. The Balaban J connectivity index is 2.16. The third-order valence-electron chi connectivity index (χ3n) is 4.51. The van der Waals surface area contributed by atoms with Crippen molar-refractivity contribution in [1.29, 1.82) is 0 Å². The Morgan fingerprint density at radius 3 is 2.86 bits per heavy atom. The summed E-state index contributed by atoms with van der Waals surface area (Å²) in [7, 11) is 1.78. The van der Waals surface area contributed by atoms with Gasteiger partial charge in [-0.15, -0.1) is 0 Å². The number of phenols is 1. The largest absolute Gasteiger partial charge is 0.508 e. The molecule has 2 atom stereocenters. The smallest absolute Gasteiger partial charge is 0.122 e. The third-order valence-corrected chi connectivity index (χ3v) is 4.51. The average Bonchev–Trinajstić information content (AvgIpc) is 2.47. The van der Waals surface area contributed by atoms with Crippen molar-refractivity contribution in [2.75, 3.05) is 31.6 Å². The lowest BCUT2D eigenvalue weighted by atomic mass is 9.94. The van der Waals surface area contributed by atoms with Gasteiger partial charge in [-0.2, -0.15) is 0 Å². The summed E-state index contributed by atoms with van der Waals surface area (Å²) in [5.74, 6) is 0.366. The Kier molecular flexibility index (Phi) is 5.12. The van der Waals surface area contributed by atoms with E-state index in [0.717, 1.165) is 43.7 Å². The minimum Gasteiger partial charge on any atom is -0.508 e. The lowest BCUT2D eigenvalue weighted by Crippen LogP contribution is -2.47. The SMILES string of the molecule is CCNC(C)c1ccc(N2CCCC(C)(OC)C2)cc1O. The molecular weight excluding hydrogens is 264 g/mol. The van der Waals surface area contributed by atoms with Crippen LogP contribution in [-0.4, -0.2) is 37.5 Å². The van der Waals surface area contributed by atoms with Gasteiger partial charge >= 0.3 is 0 Å². The molecule has 118 valence electrons. The highest BCUT2D eigenvalue weighted by molar-refractivity contribution is 5.54. The molecule has 0 saturated carbocycles. The number of anilines is 1. The molecule has 4 heteroatoms. The van der Waals surface area contributed by atoms with Gasteiger partial charge in [-0.05, 0) is 39.3 Å². The first-order valence-electron chi connectivity index (χ1n) is 7.85. The number of rotatable bonds is 5. The number of nitrogens with zero attached hydrogens (tertiary/aromatic N) is 1. The van der Waals surface area contributed by atoms with Gasteiger partial charge < -0.3 is 20.1 Å². The van der Waals surface area contributed by atoms with Crippen molar-refractivity contribution in [3.05, 3.63) is 23.8 Å². The quantitative estimate of drug-likeness (QED) is 0.875. The molecule has 21 heavy (non-hydrogen) atoms. The fourth-order valence-electron chi connectivity index (χ4n) is 3.10. The summed E-state index contributed by atoms with van der Waals surface area (Å²) >= 11 is 0. The van der Waals surface area contributed by atoms with E-state index < -0.39 is 0 Å². The number of aromatic hydroxyl groups is 1. The zero-order chi connectivity index (χ0) is 15.5. The highest BCUT2D eigenvalue weighted by atomic mass is 16.5. The molecule has 4 nitrogen and oxygen atoms in total. The van der Waals surface area contributed by atoms with Gasteiger partial charge in [-0.3, -0.25) is 0 Å². The third kappa shape index (κ3) is 3.69. The van der Waals surface area contributed by atoms with Crippen molar-refractivity contribution in [2.45, 2.75) is 45.3 Å². The van der Waals surface area contributed by atoms with Gasteiger partial charge in [-0.1, -0.05) is 13.0 Å². The van der Waals surface area contributed by atoms with Crippen molar-refractivity contribution in [2.24, 2.45) is 0 Å². The molecule has 0 aromatic heterocycles. The molecule has 1 aliphatic heterocycles. The second-order valence-electron chi connectivity index (χ2n) is 6.20. The summed E-state index contributed by atoms with van der Waals surface area (Å²) in [6.07, 6.45) is 2.20. The maximum Gasteiger partial charge on any atom is 0.122 e. The van der Waals surface area contributed by atoms with Crippen LogP contribution in [0.2, 0.25) is 0 Å². The number of phenolic OH excluding ortho intramolecular Hbond substituents is 1. The van der Waals surface area contributed by atoms with Crippen LogP contribution in [0.3, 0.4) is 0 Å². The molecular formula is C17H28N2O2. The summed E-state index contributed by atoms with van der Waals surface area (Å²) in [4.78, 5) is 2.30. The zero-order valence-corrected chi connectivity index (χ0v) is 13.6. The summed E-state index contributed by atoms with van der Waals surface area (Å²) in [6.45, 7) is 9.06. The van der Waals surface area contributed by atoms with Gasteiger partial charge in [0, 0.05) is 43.6 Å². The first-order valence-corrected chi connectivity index (χ1v) is 7.85. The van der Waals surface area contributed by atoms with Crippen LogP contribution in [-0.2, 0) is 4.74 Å². The van der Waals surface area contributed by atoms with Crippen LogP contribution in [0.15, 0.2) is 18.2 Å². The molecule has 0 radical (unpaired) electrons. The summed E-state index contributed by atoms with van der Waals surface area (Å²) in [6, 6.07) is 6.17. The summed E-state index contributed by atoms with van der Waals surface area (Å²) < 4.78 is 5.64. The molecule has 1 aliphatic rings. The van der Waals surface area contributed by atoms with E-state index >= 15 is 0 Å². The highest BCUT2D eigenvalue weighted by Gasteiger charge is 2.31. The van der Waals surface area contributed by atoms with E-state index in [1.807, 2.05) is 12.1 Å². The van der Waals surface area contributed by atoms with Crippen LogP contribution in [0.5, 0.6) is 5.75 Å². The second kappa shape index (κ2) is 6.67. The Morgan fingerprint density at radius 1 is 1.48 bits per heavy atom. The van der Waals surface area contributed by atoms with Crippen molar-refractivity contribution >= 4 is 5.69 Å². The van der Waals surface area contributed by atoms with E-state index in [1.165, 1.54) is 0 Å². The zero-order valence-electron chi connectivity index (χ0n) is 13.6. The fraction of sp³-hybridized carbons (Fsp3) is 0.647. The molecule has 2 N–H and O–H groups in total. The van der Waals surface area contributed by atoms with E-state index in [1.54, 1.807) is 7.11 Å².